The Morgan fingerprint density at radius 1 is 1.44 bits per heavy atom. The summed E-state index contributed by atoms with van der Waals surface area (Å²) in [6.07, 6.45) is 4.33. The first-order valence-electron chi connectivity index (χ1n) is 6.12. The molecule has 5 heteroatoms. The third-order valence-corrected chi connectivity index (χ3v) is 5.64. The lowest BCUT2D eigenvalue weighted by Gasteiger charge is -2.37. The molecule has 1 N–H and O–H groups in total. The lowest BCUT2D eigenvalue weighted by molar-refractivity contribution is -0.0246. The molecular formula is C11H21NO3S. The Morgan fingerprint density at radius 3 is 2.75 bits per heavy atom. The number of nitrogens with zero attached hydrogens (tertiary/aromatic N) is 1. The number of rotatable bonds is 2. The summed E-state index contributed by atoms with van der Waals surface area (Å²) < 4.78 is 24.8. The van der Waals surface area contributed by atoms with Gasteiger partial charge in [0.05, 0.1) is 11.4 Å². The second-order valence-corrected chi connectivity index (χ2v) is 7.52. The molecular weight excluding hydrogens is 226 g/mol. The van der Waals surface area contributed by atoms with E-state index in [0.29, 0.717) is 25.4 Å². The fraction of sp³-hybridized carbons (Fsp3) is 1.00. The van der Waals surface area contributed by atoms with Crippen LogP contribution in [0.1, 0.15) is 39.0 Å². The van der Waals surface area contributed by atoms with Crippen LogP contribution < -0.4 is 0 Å². The minimum atomic E-state index is -3.07. The van der Waals surface area contributed by atoms with E-state index in [4.69, 9.17) is 0 Å². The van der Waals surface area contributed by atoms with Crippen LogP contribution in [0.15, 0.2) is 0 Å². The molecule has 2 aliphatic rings. The number of aliphatic hydroxyl groups is 1. The van der Waals surface area contributed by atoms with Crippen LogP contribution in [-0.4, -0.2) is 42.3 Å². The SMILES string of the molecule is CC1CCCC(O)(CN2CCCS2(=O)=O)C1. The van der Waals surface area contributed by atoms with Gasteiger partial charge in [-0.3, -0.25) is 0 Å². The van der Waals surface area contributed by atoms with Crippen molar-refractivity contribution in [3.05, 3.63) is 0 Å². The lowest BCUT2D eigenvalue weighted by atomic mass is 9.79. The molecule has 0 aromatic carbocycles. The van der Waals surface area contributed by atoms with E-state index in [9.17, 15) is 13.5 Å². The number of sulfonamides is 1. The smallest absolute Gasteiger partial charge is 0.214 e. The maximum atomic E-state index is 11.7. The zero-order valence-corrected chi connectivity index (χ0v) is 10.7. The Morgan fingerprint density at radius 2 is 2.19 bits per heavy atom. The molecule has 4 nitrogen and oxygen atoms in total. The van der Waals surface area contributed by atoms with E-state index in [1.54, 1.807) is 0 Å². The number of hydrogen-bond donors (Lipinski definition) is 1. The van der Waals surface area contributed by atoms with Gasteiger partial charge in [0, 0.05) is 13.1 Å². The van der Waals surface area contributed by atoms with Crippen molar-refractivity contribution in [2.45, 2.75) is 44.6 Å². The van der Waals surface area contributed by atoms with E-state index in [2.05, 4.69) is 6.92 Å². The predicted molar refractivity (Wildman–Crippen MR) is 62.6 cm³/mol. The average molecular weight is 247 g/mol. The van der Waals surface area contributed by atoms with Crippen LogP contribution in [0.2, 0.25) is 0 Å². The summed E-state index contributed by atoms with van der Waals surface area (Å²) in [6.45, 7) is 3.02. The second-order valence-electron chi connectivity index (χ2n) is 5.43. The van der Waals surface area contributed by atoms with Gasteiger partial charge in [0.15, 0.2) is 0 Å². The van der Waals surface area contributed by atoms with Gasteiger partial charge in [0.2, 0.25) is 10.0 Å². The van der Waals surface area contributed by atoms with Gasteiger partial charge < -0.3 is 5.11 Å². The first kappa shape index (κ1) is 12.3. The highest BCUT2D eigenvalue weighted by atomic mass is 32.2. The standard InChI is InChI=1S/C11H21NO3S/c1-10-4-2-5-11(13,8-10)9-12-6-3-7-16(12,14)15/h10,13H,2-9H2,1H3. The first-order valence-corrected chi connectivity index (χ1v) is 7.72. The number of β-amino-alcohol motifs (C(OH)–C–C–N with tert-alkyl or cyclic N) is 1. The first-order chi connectivity index (χ1) is 7.41. The van der Waals surface area contributed by atoms with E-state index in [1.807, 2.05) is 0 Å². The van der Waals surface area contributed by atoms with E-state index in [0.717, 1.165) is 25.7 Å². The summed E-state index contributed by atoms with van der Waals surface area (Å²) in [5.41, 5.74) is -0.783. The van der Waals surface area contributed by atoms with Gasteiger partial charge >= 0.3 is 0 Å². The highest BCUT2D eigenvalue weighted by Crippen LogP contribution is 2.34. The fourth-order valence-corrected chi connectivity index (χ4v) is 4.57. The Bertz CT molecular complexity index is 354. The minimum Gasteiger partial charge on any atom is -0.389 e. The molecule has 0 radical (unpaired) electrons. The molecule has 0 amide bonds. The van der Waals surface area contributed by atoms with Crippen molar-refractivity contribution in [3.63, 3.8) is 0 Å². The molecule has 16 heavy (non-hydrogen) atoms. The Kier molecular flexibility index (Phi) is 3.29. The molecule has 0 aromatic rings. The summed E-state index contributed by atoms with van der Waals surface area (Å²) >= 11 is 0. The molecule has 0 aromatic heterocycles. The molecule has 2 atom stereocenters. The van der Waals surface area contributed by atoms with Crippen LogP contribution in [0.5, 0.6) is 0 Å². The monoisotopic (exact) mass is 247 g/mol. The quantitative estimate of drug-likeness (QED) is 0.791. The van der Waals surface area contributed by atoms with Gasteiger partial charge in [-0.1, -0.05) is 19.8 Å². The van der Waals surface area contributed by atoms with Gasteiger partial charge in [0.1, 0.15) is 0 Å². The molecule has 0 bridgehead atoms. The van der Waals surface area contributed by atoms with Crippen molar-refractivity contribution >= 4 is 10.0 Å². The zero-order chi connectivity index (χ0) is 11.8. The van der Waals surface area contributed by atoms with E-state index in [-0.39, 0.29) is 5.75 Å². The molecule has 2 rings (SSSR count). The van der Waals surface area contributed by atoms with Gasteiger partial charge in [0.25, 0.3) is 0 Å². The van der Waals surface area contributed by atoms with Crippen LogP contribution in [0, 0.1) is 5.92 Å². The minimum absolute atomic E-state index is 0.249. The van der Waals surface area contributed by atoms with Crippen LogP contribution in [0.3, 0.4) is 0 Å². The maximum Gasteiger partial charge on any atom is 0.214 e. The Hall–Kier alpha value is -0.130. The molecule has 0 spiro atoms. The number of hydrogen-bond acceptors (Lipinski definition) is 3. The van der Waals surface area contributed by atoms with E-state index >= 15 is 0 Å². The van der Waals surface area contributed by atoms with Crippen LogP contribution in [0.25, 0.3) is 0 Å². The van der Waals surface area contributed by atoms with Crippen molar-refractivity contribution in [2.24, 2.45) is 5.92 Å². The molecule has 2 fully saturated rings. The average Bonchev–Trinajstić information content (AvgIpc) is 2.44. The predicted octanol–water partition coefficient (Wildman–Crippen LogP) is 0.963. The Labute approximate surface area is 97.7 Å². The van der Waals surface area contributed by atoms with Crippen molar-refractivity contribution in [1.29, 1.82) is 0 Å². The van der Waals surface area contributed by atoms with Crippen LogP contribution in [-0.2, 0) is 10.0 Å². The zero-order valence-electron chi connectivity index (χ0n) is 9.85. The summed E-state index contributed by atoms with van der Waals surface area (Å²) in [7, 11) is -3.07. The van der Waals surface area contributed by atoms with Gasteiger partial charge in [-0.2, -0.15) is 4.31 Å². The third-order valence-electron chi connectivity index (χ3n) is 3.74. The molecule has 1 saturated carbocycles. The Balaban J connectivity index is 2.03. The molecule has 1 aliphatic carbocycles. The largest absolute Gasteiger partial charge is 0.389 e. The summed E-state index contributed by atoms with van der Waals surface area (Å²) in [5, 5.41) is 10.4. The molecule has 94 valence electrons. The fourth-order valence-electron chi connectivity index (χ4n) is 2.97. The van der Waals surface area contributed by atoms with Crippen LogP contribution >= 0.6 is 0 Å². The summed E-state index contributed by atoms with van der Waals surface area (Å²) in [6, 6.07) is 0. The molecule has 2 unspecified atom stereocenters. The third kappa shape index (κ3) is 2.57. The van der Waals surface area contributed by atoms with E-state index in [1.165, 1.54) is 4.31 Å². The molecule has 1 aliphatic heterocycles. The van der Waals surface area contributed by atoms with E-state index < -0.39 is 15.6 Å². The van der Waals surface area contributed by atoms with Crippen molar-refractivity contribution in [2.75, 3.05) is 18.8 Å². The normalized spacial score (nSPS) is 40.0. The van der Waals surface area contributed by atoms with Gasteiger partial charge in [-0.25, -0.2) is 8.42 Å². The highest BCUT2D eigenvalue weighted by molar-refractivity contribution is 7.89. The lowest BCUT2D eigenvalue weighted by Crippen LogP contribution is -2.46. The van der Waals surface area contributed by atoms with Crippen molar-refractivity contribution in [3.8, 4) is 0 Å². The van der Waals surface area contributed by atoms with Crippen LogP contribution in [0.4, 0.5) is 0 Å². The van der Waals surface area contributed by atoms with Crippen molar-refractivity contribution < 1.29 is 13.5 Å². The second kappa shape index (κ2) is 4.27. The topological polar surface area (TPSA) is 57.6 Å². The highest BCUT2D eigenvalue weighted by Gasteiger charge is 2.39. The summed E-state index contributed by atoms with van der Waals surface area (Å²) in [5.74, 6) is 0.752. The van der Waals surface area contributed by atoms with Gasteiger partial charge in [-0.15, -0.1) is 0 Å². The molecule has 1 heterocycles. The maximum absolute atomic E-state index is 11.7. The van der Waals surface area contributed by atoms with Crippen molar-refractivity contribution in [1.82, 2.24) is 4.31 Å². The summed E-state index contributed by atoms with van der Waals surface area (Å²) in [4.78, 5) is 0. The van der Waals surface area contributed by atoms with Gasteiger partial charge in [-0.05, 0) is 25.2 Å². The molecule has 1 saturated heterocycles.